The minimum absolute atomic E-state index is 0.0394. The Morgan fingerprint density at radius 3 is 2.18 bits per heavy atom. The van der Waals surface area contributed by atoms with E-state index in [0.717, 1.165) is 0 Å². The molecule has 9 atom stereocenters. The highest BCUT2D eigenvalue weighted by Crippen LogP contribution is 2.21. The number of aliphatic hydroxyl groups is 3. The highest BCUT2D eigenvalue weighted by molar-refractivity contribution is 5.98. The van der Waals surface area contributed by atoms with Crippen molar-refractivity contribution in [2.75, 3.05) is 32.9 Å². The number of aliphatic hydroxyl groups excluding tert-OH is 3. The van der Waals surface area contributed by atoms with E-state index in [-0.39, 0.29) is 77.1 Å². The molecular weight excluding hydrogens is 901 g/mol. The molecule has 15 N–H and O–H groups in total. The number of nitrogens with zero attached hydrogens (tertiary/aromatic N) is 4. The van der Waals surface area contributed by atoms with E-state index >= 15 is 0 Å². The van der Waals surface area contributed by atoms with E-state index in [1.54, 1.807) is 30.3 Å². The van der Waals surface area contributed by atoms with Gasteiger partial charge in [-0.15, -0.1) is 5.10 Å². The third kappa shape index (κ3) is 17.4. The lowest BCUT2D eigenvalue weighted by Gasteiger charge is -2.40. The summed E-state index contributed by atoms with van der Waals surface area (Å²) < 4.78 is 19.3. The number of aromatic nitrogens is 3. The molecule has 1 aromatic carbocycles. The Morgan fingerprint density at radius 1 is 0.824 bits per heavy atom. The molecule has 68 heavy (non-hydrogen) atoms. The molecule has 0 saturated carbocycles. The summed E-state index contributed by atoms with van der Waals surface area (Å²) in [4.78, 5) is 109. The summed E-state index contributed by atoms with van der Waals surface area (Å²) in [5, 5.41) is 66.4. The SMILES string of the molecule is NC(N)=NCCC[C@@H]1NC(=O)[C@H](CCCCNC(=O)[C@H]2O[C@@H](CNC(=O)Cn3cc(CCC[18F])nn3)[C@H](O)[C@@H](O)[C@H]2O)NC(=O)[C@@H](Cc2ccccc2)NC(=O)[C@H](CC(=O)O)NC(=O)CNC1=O. The molecule has 1 aromatic heterocycles. The van der Waals surface area contributed by atoms with Crippen molar-refractivity contribution in [3.8, 4) is 0 Å². The number of unbranched alkanes of at least 4 members (excludes halogenated alkanes) is 1. The van der Waals surface area contributed by atoms with E-state index in [4.69, 9.17) is 16.2 Å². The fraction of sp³-hybridized carbons (Fsp3) is 0.585. The van der Waals surface area contributed by atoms with Crippen molar-refractivity contribution in [1.82, 2.24) is 52.2 Å². The smallest absolute Gasteiger partial charge is 0.305 e. The molecule has 0 radical (unpaired) electrons. The van der Waals surface area contributed by atoms with Crippen LogP contribution in [0.25, 0.3) is 0 Å². The topological polar surface area (TPSA) is 406 Å². The summed E-state index contributed by atoms with van der Waals surface area (Å²) in [5.74, 6) is -7.62. The molecule has 3 heterocycles. The quantitative estimate of drug-likeness (QED) is 0.0315. The Kier molecular flexibility index (Phi) is 21.4. The zero-order valence-corrected chi connectivity index (χ0v) is 37.1. The first-order valence-electron chi connectivity index (χ1n) is 21.9. The van der Waals surface area contributed by atoms with Crippen LogP contribution in [0.4, 0.5) is 4.39 Å². The van der Waals surface area contributed by atoms with Gasteiger partial charge in [0.1, 0.15) is 55.1 Å². The number of aryl methyl sites for hydroxylation is 1. The number of carboxylic acid groups (broad SMARTS) is 1. The molecule has 4 rings (SSSR count). The lowest BCUT2D eigenvalue weighted by atomic mass is 9.94. The van der Waals surface area contributed by atoms with Crippen LogP contribution in [0.1, 0.15) is 56.2 Å². The van der Waals surface area contributed by atoms with E-state index in [1.807, 2.05) is 0 Å². The summed E-state index contributed by atoms with van der Waals surface area (Å²) in [5.41, 5.74) is 11.9. The molecule has 374 valence electrons. The van der Waals surface area contributed by atoms with Gasteiger partial charge in [0.15, 0.2) is 12.1 Å². The number of guanidine groups is 1. The Labute approximate surface area is 388 Å². The van der Waals surface area contributed by atoms with Gasteiger partial charge in [0.05, 0.1) is 25.3 Å². The first kappa shape index (κ1) is 53.8. The van der Waals surface area contributed by atoms with Gasteiger partial charge in [0.25, 0.3) is 5.91 Å². The fourth-order valence-electron chi connectivity index (χ4n) is 7.15. The number of aliphatic carboxylic acids is 1. The molecule has 2 aliphatic rings. The summed E-state index contributed by atoms with van der Waals surface area (Å²) in [6.07, 6.45) is -7.09. The van der Waals surface area contributed by atoms with Gasteiger partial charge in [-0.3, -0.25) is 47.7 Å². The second-order valence-electron chi connectivity index (χ2n) is 16.1. The summed E-state index contributed by atoms with van der Waals surface area (Å²) in [6, 6.07) is 2.70. The second-order valence-corrected chi connectivity index (χ2v) is 16.1. The van der Waals surface area contributed by atoms with Crippen LogP contribution < -0.4 is 48.7 Å². The van der Waals surface area contributed by atoms with Crippen molar-refractivity contribution >= 4 is 53.3 Å². The molecule has 0 bridgehead atoms. The van der Waals surface area contributed by atoms with Crippen LogP contribution in [0.15, 0.2) is 41.5 Å². The normalized spacial score (nSPS) is 24.9. The maximum atomic E-state index is 14.0. The van der Waals surface area contributed by atoms with Crippen molar-refractivity contribution in [1.29, 1.82) is 0 Å². The Hall–Kier alpha value is -6.84. The predicted octanol–water partition coefficient (Wildman–Crippen LogP) is -5.73. The van der Waals surface area contributed by atoms with E-state index in [2.05, 4.69) is 52.5 Å². The monoisotopic (exact) mass is 960 g/mol. The Bertz CT molecular complexity index is 2080. The van der Waals surface area contributed by atoms with E-state index < -0.39 is 122 Å². The van der Waals surface area contributed by atoms with Gasteiger partial charge in [-0.2, -0.15) is 0 Å². The van der Waals surface area contributed by atoms with Crippen molar-refractivity contribution < 1.29 is 67.9 Å². The van der Waals surface area contributed by atoms with E-state index in [9.17, 15) is 63.2 Å². The molecule has 2 aromatic rings. The number of carbonyl (C=O) groups excluding carboxylic acids is 7. The molecule has 27 heteroatoms. The highest BCUT2D eigenvalue weighted by atomic mass is 18.2. The van der Waals surface area contributed by atoms with Crippen LogP contribution in [-0.4, -0.2) is 176 Å². The fourth-order valence-corrected chi connectivity index (χ4v) is 7.15. The van der Waals surface area contributed by atoms with Crippen molar-refractivity contribution in [3.63, 3.8) is 0 Å². The largest absolute Gasteiger partial charge is 0.481 e. The molecule has 7 amide bonds. The van der Waals surface area contributed by atoms with Gasteiger partial charge in [-0.1, -0.05) is 35.5 Å². The summed E-state index contributed by atoms with van der Waals surface area (Å²) in [6.45, 7) is -1.94. The summed E-state index contributed by atoms with van der Waals surface area (Å²) in [7, 11) is 0. The Morgan fingerprint density at radius 2 is 1.49 bits per heavy atom. The number of nitrogens with two attached hydrogens (primary N) is 2. The van der Waals surface area contributed by atoms with Crippen LogP contribution in [0, 0.1) is 0 Å². The molecule has 26 nitrogen and oxygen atoms in total. The van der Waals surface area contributed by atoms with E-state index in [0.29, 0.717) is 17.7 Å². The van der Waals surface area contributed by atoms with Crippen molar-refractivity contribution in [2.24, 2.45) is 16.5 Å². The molecule has 0 spiro atoms. The average molecular weight is 961 g/mol. The number of aliphatic imine (C=N–C) groups is 1. The first-order valence-corrected chi connectivity index (χ1v) is 21.9. The third-order valence-corrected chi connectivity index (χ3v) is 10.7. The molecule has 0 aliphatic carbocycles. The van der Waals surface area contributed by atoms with Gasteiger partial charge in [-0.05, 0) is 50.5 Å². The number of hydrogen-bond acceptors (Lipinski definition) is 15. The van der Waals surface area contributed by atoms with Gasteiger partial charge in [0.2, 0.25) is 35.4 Å². The van der Waals surface area contributed by atoms with Crippen LogP contribution in [0.5, 0.6) is 0 Å². The lowest BCUT2D eigenvalue weighted by molar-refractivity contribution is -0.219. The molecule has 2 aliphatic heterocycles. The van der Waals surface area contributed by atoms with Crippen molar-refractivity contribution in [3.05, 3.63) is 47.8 Å². The number of nitrogens with one attached hydrogen (secondary N) is 7. The minimum atomic E-state index is -1.87. The number of carbonyl (C=O) groups is 8. The van der Waals surface area contributed by atoms with Gasteiger partial charge in [0, 0.05) is 32.3 Å². The number of ether oxygens (including phenoxy) is 1. The van der Waals surface area contributed by atoms with Crippen LogP contribution >= 0.6 is 0 Å². The van der Waals surface area contributed by atoms with Gasteiger partial charge >= 0.3 is 5.97 Å². The maximum absolute atomic E-state index is 14.0. The summed E-state index contributed by atoms with van der Waals surface area (Å²) >= 11 is 0. The van der Waals surface area contributed by atoms with Crippen LogP contribution in [0.3, 0.4) is 0 Å². The number of rotatable bonds is 21. The van der Waals surface area contributed by atoms with Crippen molar-refractivity contribution in [2.45, 2.75) is 119 Å². The lowest BCUT2D eigenvalue weighted by Crippen LogP contribution is -2.63. The number of halogens is 1. The zero-order valence-electron chi connectivity index (χ0n) is 37.1. The van der Waals surface area contributed by atoms with Gasteiger partial charge in [-0.25, -0.2) is 4.68 Å². The first-order chi connectivity index (χ1) is 32.4. The highest BCUT2D eigenvalue weighted by Gasteiger charge is 2.46. The molecule has 2 saturated heterocycles. The standard InChI is InChI=1S/C41H60FN13O13/c42-13-6-10-23-20-55(54-53-23)21-30(57)47-18-28-32(60)33(61)34(62)35(68-28)40(67)45-14-5-4-11-25-37(64)50-24(12-7-15-46-41(43)44)36(63)48-19-29(56)49-27(17-31(58)59)39(66)52-26(38(65)51-25)16-22-8-2-1-3-9-22/h1-3,8-9,20,24-28,32-35,60-62H,4-7,10-19,21H2,(H,45,67)(H,47,57)(H,48,63)(H,49,56)(H,50,64)(H,51,65)(H,52,66)(H,58,59)(H4,43,44,46)/t24-,25-,26+,27-,28-,32-,33+,34+,35-/m0/s1/i42-1. The average Bonchev–Trinajstić information content (AvgIpc) is 3.75. The van der Waals surface area contributed by atoms with Crippen LogP contribution in [0.2, 0.25) is 0 Å². The second kappa shape index (κ2) is 27.1. The third-order valence-electron chi connectivity index (χ3n) is 10.7. The maximum Gasteiger partial charge on any atom is 0.305 e. The van der Waals surface area contributed by atoms with Gasteiger partial charge < -0.3 is 73.8 Å². The number of hydrogen-bond donors (Lipinski definition) is 13. The minimum Gasteiger partial charge on any atom is -0.481 e. The van der Waals surface area contributed by atoms with E-state index in [1.165, 1.54) is 10.9 Å². The zero-order chi connectivity index (χ0) is 49.8. The molecule has 0 unspecified atom stereocenters. The molecule has 2 fully saturated rings. The Balaban J connectivity index is 1.45. The number of alkyl halides is 1. The predicted molar refractivity (Wildman–Crippen MR) is 234 cm³/mol. The number of amides is 7. The molecular formula is C41H60FN13O13. The number of benzene rings is 1. The van der Waals surface area contributed by atoms with Crippen LogP contribution in [-0.2, 0) is 62.5 Å². The number of carboxylic acids is 1.